The molecule has 1 aromatic heterocycles. The molecule has 19 heavy (non-hydrogen) atoms. The lowest BCUT2D eigenvalue weighted by Crippen LogP contribution is -2.16. The summed E-state index contributed by atoms with van der Waals surface area (Å²) in [5.41, 5.74) is 2.32. The third-order valence-corrected chi connectivity index (χ3v) is 2.02. The molecule has 1 rings (SSSR count). The van der Waals surface area contributed by atoms with E-state index in [0.717, 1.165) is 6.42 Å². The van der Waals surface area contributed by atoms with Crippen LogP contribution in [0.1, 0.15) is 19.8 Å². The van der Waals surface area contributed by atoms with Gasteiger partial charge < -0.3 is 14.8 Å². The van der Waals surface area contributed by atoms with Crippen molar-refractivity contribution >= 4 is 17.9 Å². The summed E-state index contributed by atoms with van der Waals surface area (Å²) in [6.45, 7) is 2.81. The summed E-state index contributed by atoms with van der Waals surface area (Å²) in [5, 5.41) is 2.86. The topological polar surface area (TPSA) is 124 Å². The van der Waals surface area contributed by atoms with Gasteiger partial charge in [-0.3, -0.25) is 10.2 Å². The number of rotatable bonds is 8. The molecule has 0 saturated heterocycles. The molecule has 0 saturated carbocycles. The van der Waals surface area contributed by atoms with Crippen LogP contribution in [0.15, 0.2) is 0 Å². The summed E-state index contributed by atoms with van der Waals surface area (Å²) >= 11 is 0. The number of hydrazine groups is 1. The summed E-state index contributed by atoms with van der Waals surface area (Å²) in [6, 6.07) is 0.172. The van der Waals surface area contributed by atoms with Gasteiger partial charge >= 0.3 is 12.0 Å². The molecule has 0 aliphatic carbocycles. The summed E-state index contributed by atoms with van der Waals surface area (Å²) in [6.07, 6.45) is 1.04. The van der Waals surface area contributed by atoms with Crippen LogP contribution in [0, 0.1) is 0 Å². The van der Waals surface area contributed by atoms with Crippen LogP contribution in [0.4, 0.5) is 11.9 Å². The molecule has 9 nitrogen and oxygen atoms in total. The number of aromatic nitrogens is 3. The van der Waals surface area contributed by atoms with Crippen LogP contribution in [0.3, 0.4) is 0 Å². The minimum Gasteiger partial charge on any atom is -0.469 e. The molecule has 0 amide bonds. The maximum atomic E-state index is 11.0. The Labute approximate surface area is 110 Å². The molecule has 0 spiro atoms. The Kier molecular flexibility index (Phi) is 6.30. The first-order chi connectivity index (χ1) is 9.19. The predicted molar refractivity (Wildman–Crippen MR) is 68.5 cm³/mol. The van der Waals surface area contributed by atoms with Gasteiger partial charge in [0.2, 0.25) is 11.9 Å². The van der Waals surface area contributed by atoms with E-state index in [1.54, 1.807) is 0 Å². The van der Waals surface area contributed by atoms with Crippen LogP contribution in [-0.4, -0.2) is 41.2 Å². The van der Waals surface area contributed by atoms with Gasteiger partial charge in [0, 0.05) is 6.54 Å². The number of carbonyl (C=O) groups excluding carboxylic acids is 1. The second-order valence-corrected chi connectivity index (χ2v) is 3.51. The first-order valence-corrected chi connectivity index (χ1v) is 5.85. The van der Waals surface area contributed by atoms with Gasteiger partial charge in [-0.2, -0.15) is 15.0 Å². The van der Waals surface area contributed by atoms with Crippen LogP contribution in [0.5, 0.6) is 6.01 Å². The molecule has 0 atom stereocenters. The van der Waals surface area contributed by atoms with Crippen LogP contribution < -0.4 is 21.3 Å². The van der Waals surface area contributed by atoms with Gasteiger partial charge in [-0.15, -0.1) is 0 Å². The van der Waals surface area contributed by atoms with Gasteiger partial charge in [0.15, 0.2) is 0 Å². The van der Waals surface area contributed by atoms with Crippen molar-refractivity contribution in [3.05, 3.63) is 0 Å². The van der Waals surface area contributed by atoms with Gasteiger partial charge in [-0.1, -0.05) is 6.92 Å². The molecule has 0 aliphatic heterocycles. The molecule has 9 heteroatoms. The second kappa shape index (κ2) is 8.03. The number of carbonyl (C=O) groups is 1. The molecule has 0 radical (unpaired) electrons. The minimum atomic E-state index is -0.318. The highest BCUT2D eigenvalue weighted by Crippen LogP contribution is 2.10. The monoisotopic (exact) mass is 270 g/mol. The quantitative estimate of drug-likeness (QED) is 0.338. The van der Waals surface area contributed by atoms with Crippen LogP contribution in [-0.2, 0) is 9.53 Å². The summed E-state index contributed by atoms with van der Waals surface area (Å²) < 4.78 is 9.82. The molecule has 0 aromatic carbocycles. The van der Waals surface area contributed by atoms with E-state index >= 15 is 0 Å². The fourth-order valence-corrected chi connectivity index (χ4v) is 1.14. The summed E-state index contributed by atoms with van der Waals surface area (Å²) in [5.74, 6) is 5.39. The zero-order valence-corrected chi connectivity index (χ0v) is 11.0. The Morgan fingerprint density at radius 2 is 2.05 bits per heavy atom. The summed E-state index contributed by atoms with van der Waals surface area (Å²) in [4.78, 5) is 22.9. The lowest BCUT2D eigenvalue weighted by molar-refractivity contribution is -0.140. The number of nitrogens with zero attached hydrogens (tertiary/aromatic N) is 3. The van der Waals surface area contributed by atoms with Gasteiger partial charge in [0.05, 0.1) is 20.1 Å². The number of nitrogens with two attached hydrogens (primary N) is 1. The molecule has 106 valence electrons. The Balaban J connectivity index is 2.62. The molecule has 1 heterocycles. The molecular weight excluding hydrogens is 252 g/mol. The third kappa shape index (κ3) is 5.34. The highest BCUT2D eigenvalue weighted by atomic mass is 16.5. The van der Waals surface area contributed by atoms with Crippen molar-refractivity contribution < 1.29 is 14.3 Å². The van der Waals surface area contributed by atoms with E-state index in [2.05, 4.69) is 30.4 Å². The number of ether oxygens (including phenoxy) is 2. The minimum absolute atomic E-state index is 0.172. The number of nitrogen functional groups attached to an aromatic ring is 1. The Morgan fingerprint density at radius 3 is 2.68 bits per heavy atom. The van der Waals surface area contributed by atoms with Gasteiger partial charge in [0.25, 0.3) is 0 Å². The lowest BCUT2D eigenvalue weighted by atomic mass is 10.4. The fraction of sp³-hybridized carbons (Fsp3) is 0.600. The number of anilines is 2. The zero-order chi connectivity index (χ0) is 14.1. The van der Waals surface area contributed by atoms with Crippen molar-refractivity contribution in [1.82, 2.24) is 15.0 Å². The maximum absolute atomic E-state index is 11.0. The smallest absolute Gasteiger partial charge is 0.323 e. The first kappa shape index (κ1) is 14.9. The van der Waals surface area contributed by atoms with E-state index in [-0.39, 0.29) is 30.3 Å². The highest BCUT2D eigenvalue weighted by Gasteiger charge is 2.07. The average Bonchev–Trinajstić information content (AvgIpc) is 2.44. The second-order valence-electron chi connectivity index (χ2n) is 3.51. The van der Waals surface area contributed by atoms with Crippen molar-refractivity contribution in [1.29, 1.82) is 0 Å². The maximum Gasteiger partial charge on any atom is 0.323 e. The Hall–Kier alpha value is -2.16. The molecule has 0 aliphatic rings. The van der Waals surface area contributed by atoms with Crippen molar-refractivity contribution in [3.8, 4) is 6.01 Å². The number of esters is 1. The van der Waals surface area contributed by atoms with Crippen LogP contribution in [0.25, 0.3) is 0 Å². The normalized spacial score (nSPS) is 9.84. The van der Waals surface area contributed by atoms with E-state index in [9.17, 15) is 4.79 Å². The molecular formula is C10H18N6O3. The number of hydrogen-bond donors (Lipinski definition) is 3. The van der Waals surface area contributed by atoms with Crippen molar-refractivity contribution in [2.24, 2.45) is 5.84 Å². The van der Waals surface area contributed by atoms with E-state index in [1.807, 2.05) is 6.92 Å². The Bertz CT molecular complexity index is 414. The van der Waals surface area contributed by atoms with Crippen molar-refractivity contribution in [2.75, 3.05) is 31.0 Å². The number of methoxy groups -OCH3 is 1. The molecule has 0 unspecified atom stereocenters. The third-order valence-electron chi connectivity index (χ3n) is 2.02. The molecule has 0 fully saturated rings. The van der Waals surface area contributed by atoms with E-state index in [0.29, 0.717) is 13.2 Å². The average molecular weight is 270 g/mol. The Morgan fingerprint density at radius 1 is 1.32 bits per heavy atom. The molecule has 0 bridgehead atoms. The van der Waals surface area contributed by atoms with E-state index < -0.39 is 0 Å². The molecule has 4 N–H and O–H groups in total. The van der Waals surface area contributed by atoms with Gasteiger partial charge in [0.1, 0.15) is 0 Å². The fourth-order valence-electron chi connectivity index (χ4n) is 1.14. The van der Waals surface area contributed by atoms with Crippen molar-refractivity contribution in [2.45, 2.75) is 19.8 Å². The van der Waals surface area contributed by atoms with Gasteiger partial charge in [-0.05, 0) is 6.42 Å². The SMILES string of the molecule is CCCOc1nc(NN)nc(NCCC(=O)OC)n1. The number of hydrogen-bond acceptors (Lipinski definition) is 9. The zero-order valence-electron chi connectivity index (χ0n) is 11.0. The van der Waals surface area contributed by atoms with Crippen molar-refractivity contribution in [3.63, 3.8) is 0 Å². The van der Waals surface area contributed by atoms with E-state index in [1.165, 1.54) is 7.11 Å². The number of nitrogens with one attached hydrogen (secondary N) is 2. The highest BCUT2D eigenvalue weighted by molar-refractivity contribution is 5.69. The summed E-state index contributed by atoms with van der Waals surface area (Å²) in [7, 11) is 1.33. The first-order valence-electron chi connectivity index (χ1n) is 5.85. The largest absolute Gasteiger partial charge is 0.469 e. The molecule has 1 aromatic rings. The van der Waals surface area contributed by atoms with Gasteiger partial charge in [-0.25, -0.2) is 5.84 Å². The van der Waals surface area contributed by atoms with E-state index in [4.69, 9.17) is 10.6 Å². The predicted octanol–water partition coefficient (Wildman–Crippen LogP) is -0.0790. The standard InChI is InChI=1S/C10H18N6O3/c1-3-6-19-10-14-8(13-9(15-10)16-11)12-5-4-7(17)18-2/h3-6,11H2,1-2H3,(H2,12,13,14,15,16). The van der Waals surface area contributed by atoms with Crippen LogP contribution in [0.2, 0.25) is 0 Å². The lowest BCUT2D eigenvalue weighted by Gasteiger charge is -2.08. The van der Waals surface area contributed by atoms with Crippen LogP contribution >= 0.6 is 0 Å².